The van der Waals surface area contributed by atoms with Crippen molar-refractivity contribution in [1.82, 2.24) is 15.1 Å². The molecule has 2 heterocycles. The molecule has 1 unspecified atom stereocenters. The van der Waals surface area contributed by atoms with Crippen LogP contribution in [0, 0.1) is 0 Å². The number of hydrogen-bond donors (Lipinski definition) is 1. The average Bonchev–Trinajstić information content (AvgIpc) is 3.46. The first-order valence-electron chi connectivity index (χ1n) is 12.0. The lowest BCUT2D eigenvalue weighted by Gasteiger charge is -2.32. The van der Waals surface area contributed by atoms with Gasteiger partial charge in [0.05, 0.1) is 24.2 Å². The van der Waals surface area contributed by atoms with Crippen molar-refractivity contribution in [2.75, 3.05) is 27.3 Å². The lowest BCUT2D eigenvalue weighted by molar-refractivity contribution is -0.134. The predicted molar refractivity (Wildman–Crippen MR) is 130 cm³/mol. The molecule has 0 radical (unpaired) electrons. The van der Waals surface area contributed by atoms with Gasteiger partial charge in [-0.15, -0.1) is 0 Å². The minimum Gasteiger partial charge on any atom is -0.491 e. The molecule has 2 amide bonds. The van der Waals surface area contributed by atoms with Gasteiger partial charge in [-0.2, -0.15) is 0 Å². The minimum absolute atomic E-state index is 0.0413. The normalized spacial score (nSPS) is 24.7. The highest BCUT2D eigenvalue weighted by Crippen LogP contribution is 2.38. The van der Waals surface area contributed by atoms with Crippen molar-refractivity contribution < 1.29 is 19.1 Å². The maximum atomic E-state index is 13.2. The van der Waals surface area contributed by atoms with Gasteiger partial charge in [0.2, 0.25) is 11.8 Å². The number of carbonyl (C=O) groups excluding carboxylic acids is 2. The van der Waals surface area contributed by atoms with Crippen molar-refractivity contribution in [3.63, 3.8) is 0 Å². The zero-order chi connectivity index (χ0) is 24.1. The molecule has 2 aliphatic rings. The third-order valence-electron chi connectivity index (χ3n) is 6.60. The van der Waals surface area contributed by atoms with Gasteiger partial charge < -0.3 is 19.7 Å². The van der Waals surface area contributed by atoms with Crippen molar-refractivity contribution in [3.05, 3.63) is 65.7 Å². The standard InChI is InChI=1S/C27H35N3O4/c1-19(31)28-24-16-25(27(32)29(2)3)30(26(24)21-10-5-4-6-11-21)17-20-9-7-12-22(15-20)34-18-23-13-8-14-33-23/h4-7,9-12,15,23-26H,8,13-14,16-18H2,1-3H3,(H,28,31)/t23?,24-,25+,26+/m1/s1. The summed E-state index contributed by atoms with van der Waals surface area (Å²) in [7, 11) is 3.56. The maximum absolute atomic E-state index is 13.2. The molecule has 4 atom stereocenters. The van der Waals surface area contributed by atoms with Crippen LogP contribution in [0.5, 0.6) is 5.75 Å². The number of likely N-dealkylation sites (tertiary alicyclic amines) is 1. The molecule has 4 rings (SSSR count). The summed E-state index contributed by atoms with van der Waals surface area (Å²) in [4.78, 5) is 29.1. The summed E-state index contributed by atoms with van der Waals surface area (Å²) in [6.07, 6.45) is 2.84. The van der Waals surface area contributed by atoms with Crippen LogP contribution >= 0.6 is 0 Å². The number of nitrogens with one attached hydrogen (secondary N) is 1. The van der Waals surface area contributed by atoms with Gasteiger partial charge in [-0.1, -0.05) is 42.5 Å². The van der Waals surface area contributed by atoms with Crippen LogP contribution in [0.25, 0.3) is 0 Å². The Morgan fingerprint density at radius 3 is 2.62 bits per heavy atom. The Hall–Kier alpha value is -2.90. The van der Waals surface area contributed by atoms with Gasteiger partial charge in [0.25, 0.3) is 0 Å². The molecule has 2 aromatic carbocycles. The molecule has 34 heavy (non-hydrogen) atoms. The fourth-order valence-corrected chi connectivity index (χ4v) is 5.06. The molecule has 0 saturated carbocycles. The third kappa shape index (κ3) is 5.77. The highest BCUT2D eigenvalue weighted by molar-refractivity contribution is 5.82. The molecule has 0 aromatic heterocycles. The van der Waals surface area contributed by atoms with Crippen LogP contribution in [-0.4, -0.2) is 67.1 Å². The average molecular weight is 466 g/mol. The molecule has 2 saturated heterocycles. The van der Waals surface area contributed by atoms with Gasteiger partial charge in [-0.3, -0.25) is 14.5 Å². The molecular weight excluding hydrogens is 430 g/mol. The van der Waals surface area contributed by atoms with Crippen molar-refractivity contribution >= 4 is 11.8 Å². The van der Waals surface area contributed by atoms with E-state index < -0.39 is 0 Å². The van der Waals surface area contributed by atoms with Gasteiger partial charge in [0.15, 0.2) is 0 Å². The van der Waals surface area contributed by atoms with E-state index >= 15 is 0 Å². The fraction of sp³-hybridized carbons (Fsp3) is 0.481. The number of ether oxygens (including phenoxy) is 2. The van der Waals surface area contributed by atoms with E-state index in [-0.39, 0.29) is 36.0 Å². The summed E-state index contributed by atoms with van der Waals surface area (Å²) in [5.41, 5.74) is 2.15. The van der Waals surface area contributed by atoms with Crippen LogP contribution in [0.1, 0.15) is 43.4 Å². The number of nitrogens with zero attached hydrogens (tertiary/aromatic N) is 2. The predicted octanol–water partition coefficient (Wildman–Crippen LogP) is 3.15. The molecule has 2 aromatic rings. The van der Waals surface area contributed by atoms with Crippen molar-refractivity contribution in [2.45, 2.75) is 57.0 Å². The Morgan fingerprint density at radius 1 is 1.15 bits per heavy atom. The SMILES string of the molecule is CC(=O)N[C@@H]1C[C@@H](C(=O)N(C)C)N(Cc2cccc(OCC3CCCO3)c2)[C@H]1c1ccccc1. The quantitative estimate of drug-likeness (QED) is 0.649. The highest BCUT2D eigenvalue weighted by Gasteiger charge is 2.45. The van der Waals surface area contributed by atoms with E-state index in [0.29, 0.717) is 19.6 Å². The molecule has 182 valence electrons. The molecule has 1 N–H and O–H groups in total. The summed E-state index contributed by atoms with van der Waals surface area (Å²) < 4.78 is 11.7. The van der Waals surface area contributed by atoms with Crippen LogP contribution in [-0.2, 0) is 20.9 Å². The second-order valence-electron chi connectivity index (χ2n) is 9.41. The summed E-state index contributed by atoms with van der Waals surface area (Å²) in [5, 5.41) is 3.10. The van der Waals surface area contributed by atoms with E-state index in [9.17, 15) is 9.59 Å². The van der Waals surface area contributed by atoms with E-state index in [2.05, 4.69) is 28.4 Å². The first-order chi connectivity index (χ1) is 16.4. The van der Waals surface area contributed by atoms with Crippen LogP contribution in [0.4, 0.5) is 0 Å². The Morgan fingerprint density at radius 2 is 1.94 bits per heavy atom. The third-order valence-corrected chi connectivity index (χ3v) is 6.60. The Balaban J connectivity index is 1.60. The van der Waals surface area contributed by atoms with Crippen LogP contribution in [0.15, 0.2) is 54.6 Å². The molecule has 7 heteroatoms. The largest absolute Gasteiger partial charge is 0.491 e. The number of hydrogen-bond acceptors (Lipinski definition) is 5. The van der Waals surface area contributed by atoms with E-state index in [1.54, 1.807) is 19.0 Å². The van der Waals surface area contributed by atoms with Gasteiger partial charge >= 0.3 is 0 Å². The van der Waals surface area contributed by atoms with E-state index in [1.165, 1.54) is 6.92 Å². The van der Waals surface area contributed by atoms with Crippen molar-refractivity contribution in [3.8, 4) is 5.75 Å². The molecule has 0 bridgehead atoms. The highest BCUT2D eigenvalue weighted by atomic mass is 16.5. The van der Waals surface area contributed by atoms with Crippen molar-refractivity contribution in [1.29, 1.82) is 0 Å². The Kier molecular flexibility index (Phi) is 7.85. The summed E-state index contributed by atoms with van der Waals surface area (Å²) in [6, 6.07) is 17.5. The number of carbonyl (C=O) groups is 2. The van der Waals surface area contributed by atoms with Crippen molar-refractivity contribution in [2.24, 2.45) is 0 Å². The maximum Gasteiger partial charge on any atom is 0.239 e. The molecular formula is C27H35N3O4. The van der Waals surface area contributed by atoms with Gasteiger partial charge in [0.1, 0.15) is 12.4 Å². The number of likely N-dealkylation sites (N-methyl/N-ethyl adjacent to an activating group) is 1. The second-order valence-corrected chi connectivity index (χ2v) is 9.41. The Labute approximate surface area is 202 Å². The van der Waals surface area contributed by atoms with E-state index in [4.69, 9.17) is 9.47 Å². The fourth-order valence-electron chi connectivity index (χ4n) is 5.06. The second kappa shape index (κ2) is 11.0. The first-order valence-corrected chi connectivity index (χ1v) is 12.0. The lowest BCUT2D eigenvalue weighted by atomic mass is 9.99. The van der Waals surface area contributed by atoms with E-state index in [1.807, 2.05) is 36.4 Å². The molecule has 0 aliphatic carbocycles. The minimum atomic E-state index is -0.339. The van der Waals surface area contributed by atoms with Crippen LogP contribution < -0.4 is 10.1 Å². The topological polar surface area (TPSA) is 71.1 Å². The monoisotopic (exact) mass is 465 g/mol. The first kappa shape index (κ1) is 24.2. The summed E-state index contributed by atoms with van der Waals surface area (Å²) in [5.74, 6) is 0.755. The number of benzene rings is 2. The smallest absolute Gasteiger partial charge is 0.239 e. The molecule has 2 aliphatic heterocycles. The van der Waals surface area contributed by atoms with E-state index in [0.717, 1.165) is 36.3 Å². The molecule has 7 nitrogen and oxygen atoms in total. The van der Waals surface area contributed by atoms with Crippen LogP contribution in [0.2, 0.25) is 0 Å². The summed E-state index contributed by atoms with van der Waals surface area (Å²) >= 11 is 0. The van der Waals surface area contributed by atoms with Gasteiger partial charge in [-0.05, 0) is 42.5 Å². The molecule has 0 spiro atoms. The zero-order valence-electron chi connectivity index (χ0n) is 20.3. The molecule has 2 fully saturated rings. The van der Waals surface area contributed by atoms with Gasteiger partial charge in [-0.25, -0.2) is 0 Å². The Bertz CT molecular complexity index is 975. The number of amides is 2. The van der Waals surface area contributed by atoms with Gasteiger partial charge in [0, 0.05) is 34.2 Å². The number of rotatable bonds is 8. The summed E-state index contributed by atoms with van der Waals surface area (Å²) in [6.45, 7) is 3.45. The lowest BCUT2D eigenvalue weighted by Crippen LogP contribution is -2.43. The van der Waals surface area contributed by atoms with Crippen LogP contribution in [0.3, 0.4) is 0 Å². The zero-order valence-corrected chi connectivity index (χ0v) is 20.3.